The summed E-state index contributed by atoms with van der Waals surface area (Å²) >= 11 is 0.685. The molecular weight excluding hydrogens is 353 g/mol. The topological polar surface area (TPSA) is 73.7 Å². The number of quaternary nitrogens is 1. The van der Waals surface area contributed by atoms with Crippen LogP contribution in [0.2, 0.25) is 0 Å². The number of carbonyl (C=O) groups is 1. The van der Waals surface area contributed by atoms with Crippen molar-refractivity contribution in [3.63, 3.8) is 0 Å². The van der Waals surface area contributed by atoms with Gasteiger partial charge < -0.3 is 10.3 Å². The van der Waals surface area contributed by atoms with E-state index in [1.165, 1.54) is 4.90 Å². The van der Waals surface area contributed by atoms with E-state index in [0.717, 1.165) is 5.69 Å². The van der Waals surface area contributed by atoms with Crippen LogP contribution in [-0.4, -0.2) is 45.7 Å². The van der Waals surface area contributed by atoms with Crippen molar-refractivity contribution in [1.82, 2.24) is 9.88 Å². The zero-order chi connectivity index (χ0) is 18.9. The Balaban J connectivity index is 2.71. The summed E-state index contributed by atoms with van der Waals surface area (Å²) in [5, 5.41) is 9.63. The summed E-state index contributed by atoms with van der Waals surface area (Å²) < 4.78 is 36.4. The number of halogens is 3. The van der Waals surface area contributed by atoms with Gasteiger partial charge in [0.25, 0.3) is 0 Å². The van der Waals surface area contributed by atoms with Crippen molar-refractivity contribution in [2.24, 2.45) is 0 Å². The highest BCUT2D eigenvalue weighted by Crippen LogP contribution is 2.21. The molecule has 138 valence electrons. The van der Waals surface area contributed by atoms with E-state index in [9.17, 15) is 18.0 Å². The van der Waals surface area contributed by atoms with Crippen LogP contribution in [0.4, 0.5) is 18.9 Å². The Morgan fingerprint density at radius 2 is 2.20 bits per heavy atom. The molecular formula is C16H22F3N4OS+. The van der Waals surface area contributed by atoms with Crippen LogP contribution in [0.15, 0.2) is 36.4 Å². The molecule has 0 aliphatic heterocycles. The van der Waals surface area contributed by atoms with E-state index in [1.54, 1.807) is 43.8 Å². The van der Waals surface area contributed by atoms with Gasteiger partial charge in [0.1, 0.15) is 11.9 Å². The minimum Gasteiger partial charge on any atom is -0.307 e. The van der Waals surface area contributed by atoms with Crippen molar-refractivity contribution in [1.29, 1.82) is 5.41 Å². The molecule has 1 amide bonds. The number of hydrogen-bond donors (Lipinski definition) is 2. The standard InChI is InChI=1S/C16H21F3N4OS/c1-3-23(15(24)6-8-25-11-16(17,18)19)14(12(2)20)10-22-13-5-4-7-21-9-13/h4-5,7,9-10,20,22H,3,6,8,11H2,1-2H3/p+1/b14-10+,20-12?. The summed E-state index contributed by atoms with van der Waals surface area (Å²) in [4.78, 5) is 17.7. The molecule has 0 unspecified atom stereocenters. The smallest absolute Gasteiger partial charge is 0.307 e. The molecule has 1 rings (SSSR count). The third-order valence-corrected chi connectivity index (χ3v) is 4.16. The lowest BCUT2D eigenvalue weighted by Gasteiger charge is -2.22. The number of alkyl halides is 3. The van der Waals surface area contributed by atoms with Crippen molar-refractivity contribution in [2.45, 2.75) is 26.4 Å². The molecule has 1 heterocycles. The summed E-state index contributed by atoms with van der Waals surface area (Å²) in [5.74, 6) is -1.17. The largest absolute Gasteiger partial charge is 0.397 e. The van der Waals surface area contributed by atoms with E-state index >= 15 is 0 Å². The van der Waals surface area contributed by atoms with Gasteiger partial charge in [0.2, 0.25) is 5.91 Å². The average Bonchev–Trinajstić information content (AvgIpc) is 2.55. The Kier molecular flexibility index (Phi) is 8.64. The number of pyridine rings is 1. The van der Waals surface area contributed by atoms with Gasteiger partial charge in [-0.1, -0.05) is 0 Å². The van der Waals surface area contributed by atoms with Crippen LogP contribution < -0.4 is 5.32 Å². The van der Waals surface area contributed by atoms with E-state index in [4.69, 9.17) is 5.41 Å². The summed E-state index contributed by atoms with van der Waals surface area (Å²) in [5.41, 5.74) is 1.46. The Hall–Kier alpha value is -1.87. The van der Waals surface area contributed by atoms with Gasteiger partial charge in [0.05, 0.1) is 17.7 Å². The van der Waals surface area contributed by atoms with E-state index in [1.807, 2.05) is 6.07 Å². The molecule has 0 saturated carbocycles. The lowest BCUT2D eigenvalue weighted by molar-refractivity contribution is -0.497. The monoisotopic (exact) mass is 375 g/mol. The van der Waals surface area contributed by atoms with Crippen molar-refractivity contribution < 1.29 is 23.3 Å². The molecule has 1 aromatic heterocycles. The molecule has 0 atom stereocenters. The van der Waals surface area contributed by atoms with Gasteiger partial charge in [-0.25, -0.2) is 0 Å². The second-order valence-corrected chi connectivity index (χ2v) is 6.29. The molecule has 25 heavy (non-hydrogen) atoms. The van der Waals surface area contributed by atoms with Gasteiger partial charge in [0.15, 0.2) is 5.69 Å². The summed E-state index contributed by atoms with van der Waals surface area (Å²) in [7, 11) is 0. The van der Waals surface area contributed by atoms with Crippen molar-refractivity contribution >= 4 is 29.1 Å². The maximum atomic E-state index is 12.3. The summed E-state index contributed by atoms with van der Waals surface area (Å²) in [6.07, 6.45) is 0.715. The van der Waals surface area contributed by atoms with E-state index in [2.05, 4.69) is 4.98 Å². The Morgan fingerprint density at radius 3 is 2.72 bits per heavy atom. The number of nitrogens with two attached hydrogens (primary N) is 1. The SMILES string of the molecule is CCN(C(=O)CCSCC(F)(F)F)/C(=C/[NH2+]c1cccnc1)C(C)=N. The number of allylic oxidation sites excluding steroid dienone is 1. The quantitative estimate of drug-likeness (QED) is 0.515. The first kappa shape index (κ1) is 21.2. The second kappa shape index (κ2) is 10.2. The number of amides is 1. The highest BCUT2D eigenvalue weighted by molar-refractivity contribution is 7.99. The van der Waals surface area contributed by atoms with Crippen LogP contribution in [0, 0.1) is 5.41 Å². The minimum absolute atomic E-state index is 0.00784. The number of hydrogen-bond acceptors (Lipinski definition) is 4. The summed E-state index contributed by atoms with van der Waals surface area (Å²) in [6.45, 7) is 3.67. The molecule has 3 N–H and O–H groups in total. The van der Waals surface area contributed by atoms with Crippen molar-refractivity contribution in [3.05, 3.63) is 36.4 Å². The average molecular weight is 375 g/mol. The van der Waals surface area contributed by atoms with Gasteiger partial charge in [-0.2, -0.15) is 24.9 Å². The van der Waals surface area contributed by atoms with Crippen LogP contribution in [0.1, 0.15) is 20.3 Å². The minimum atomic E-state index is -4.23. The fourth-order valence-electron chi connectivity index (χ4n) is 2.03. The molecule has 5 nitrogen and oxygen atoms in total. The zero-order valence-corrected chi connectivity index (χ0v) is 15.0. The van der Waals surface area contributed by atoms with Crippen LogP contribution in [0.25, 0.3) is 0 Å². The van der Waals surface area contributed by atoms with E-state index < -0.39 is 11.9 Å². The highest BCUT2D eigenvalue weighted by Gasteiger charge is 2.27. The van der Waals surface area contributed by atoms with Crippen LogP contribution in [-0.2, 0) is 4.79 Å². The third-order valence-electron chi connectivity index (χ3n) is 3.14. The van der Waals surface area contributed by atoms with Crippen molar-refractivity contribution in [3.8, 4) is 0 Å². The number of thioether (sulfide) groups is 1. The first-order valence-corrected chi connectivity index (χ1v) is 8.85. The maximum absolute atomic E-state index is 12.3. The number of carbonyl (C=O) groups excluding carboxylic acids is 1. The van der Waals surface area contributed by atoms with Crippen molar-refractivity contribution in [2.75, 3.05) is 18.1 Å². The lowest BCUT2D eigenvalue weighted by atomic mass is 10.2. The normalized spacial score (nSPS) is 12.1. The predicted octanol–water partition coefficient (Wildman–Crippen LogP) is 2.69. The fourth-order valence-corrected chi connectivity index (χ4v) is 2.73. The number of rotatable bonds is 9. The molecule has 9 heteroatoms. The first-order chi connectivity index (χ1) is 11.7. The van der Waals surface area contributed by atoms with Gasteiger partial charge in [-0.15, -0.1) is 0 Å². The number of aromatic nitrogens is 1. The lowest BCUT2D eigenvalue weighted by Crippen LogP contribution is -2.72. The molecule has 0 bridgehead atoms. The molecule has 0 spiro atoms. The Morgan fingerprint density at radius 1 is 1.48 bits per heavy atom. The molecule has 0 fully saturated rings. The number of nitrogens with zero attached hydrogens (tertiary/aromatic N) is 2. The Bertz CT molecular complexity index is 605. The second-order valence-electron chi connectivity index (χ2n) is 5.19. The molecule has 0 aliphatic rings. The van der Waals surface area contributed by atoms with Gasteiger partial charge in [0, 0.05) is 31.0 Å². The summed E-state index contributed by atoms with van der Waals surface area (Å²) in [6, 6.07) is 3.61. The van der Waals surface area contributed by atoms with Crippen LogP contribution in [0.5, 0.6) is 0 Å². The maximum Gasteiger partial charge on any atom is 0.397 e. The number of nitrogens with one attached hydrogen (secondary N) is 1. The van der Waals surface area contributed by atoms with E-state index in [0.29, 0.717) is 24.0 Å². The third kappa shape index (κ3) is 8.17. The van der Waals surface area contributed by atoms with E-state index in [-0.39, 0.29) is 23.8 Å². The van der Waals surface area contributed by atoms with Crippen LogP contribution in [0.3, 0.4) is 0 Å². The van der Waals surface area contributed by atoms with Crippen LogP contribution >= 0.6 is 11.8 Å². The molecule has 0 saturated heterocycles. The first-order valence-electron chi connectivity index (χ1n) is 7.70. The zero-order valence-electron chi connectivity index (χ0n) is 14.1. The predicted molar refractivity (Wildman–Crippen MR) is 92.7 cm³/mol. The van der Waals surface area contributed by atoms with Gasteiger partial charge in [-0.05, 0) is 19.9 Å². The molecule has 1 aromatic rings. The fraction of sp³-hybridized carbons (Fsp3) is 0.438. The Labute approximate surface area is 149 Å². The molecule has 0 radical (unpaired) electrons. The molecule has 0 aliphatic carbocycles. The van der Waals surface area contributed by atoms with Gasteiger partial charge in [-0.3, -0.25) is 15.1 Å². The highest BCUT2D eigenvalue weighted by atomic mass is 32.2. The van der Waals surface area contributed by atoms with Gasteiger partial charge >= 0.3 is 6.18 Å². The molecule has 0 aromatic carbocycles.